The molecule has 1 atom stereocenters. The van der Waals surface area contributed by atoms with Gasteiger partial charge in [-0.25, -0.2) is 0 Å². The second-order valence-electron chi connectivity index (χ2n) is 3.25. The Bertz CT molecular complexity index is 179. The summed E-state index contributed by atoms with van der Waals surface area (Å²) in [5, 5.41) is 0. The molecule has 0 radical (unpaired) electrons. The third-order valence-corrected chi connectivity index (χ3v) is 2.41. The Balaban J connectivity index is 2.69. The molecule has 0 aromatic rings. The van der Waals surface area contributed by atoms with Crippen LogP contribution < -0.4 is 0 Å². The van der Waals surface area contributed by atoms with Crippen LogP contribution in [0.1, 0.15) is 26.7 Å². The summed E-state index contributed by atoms with van der Waals surface area (Å²) in [4.78, 5) is 2.34. The second-order valence-corrected chi connectivity index (χ2v) is 3.25. The fraction of sp³-hybridized carbons (Fsp3) is 0.600. The zero-order chi connectivity index (χ0) is 8.27. The van der Waals surface area contributed by atoms with Crippen LogP contribution in [0.2, 0.25) is 0 Å². The summed E-state index contributed by atoms with van der Waals surface area (Å²) in [6.45, 7) is 4.43. The van der Waals surface area contributed by atoms with E-state index in [0.29, 0.717) is 6.04 Å². The standard InChI is InChI=1S/C10H17N/c1-9-7-5-4-6-8-10(2)11(9)3/h4-5,8-9H,6-7H2,1-3H3/b5-4-,10-8+. The number of nitrogens with zero attached hydrogens (tertiary/aromatic N) is 1. The van der Waals surface area contributed by atoms with Crippen molar-refractivity contribution in [1.29, 1.82) is 0 Å². The Kier molecular flexibility index (Phi) is 2.75. The maximum atomic E-state index is 2.34. The lowest BCUT2D eigenvalue weighted by atomic mass is 10.1. The maximum Gasteiger partial charge on any atom is 0.0289 e. The van der Waals surface area contributed by atoms with Gasteiger partial charge < -0.3 is 4.90 Å². The summed E-state index contributed by atoms with van der Waals surface area (Å²) in [5.74, 6) is 0. The van der Waals surface area contributed by atoms with Gasteiger partial charge in [0, 0.05) is 18.8 Å². The average molecular weight is 151 g/mol. The van der Waals surface area contributed by atoms with E-state index in [1.165, 1.54) is 12.1 Å². The van der Waals surface area contributed by atoms with E-state index in [-0.39, 0.29) is 0 Å². The van der Waals surface area contributed by atoms with Crippen LogP contribution in [0, 0.1) is 0 Å². The molecule has 0 fully saturated rings. The minimum absolute atomic E-state index is 0.641. The fourth-order valence-electron chi connectivity index (χ4n) is 1.28. The first kappa shape index (κ1) is 8.38. The van der Waals surface area contributed by atoms with Gasteiger partial charge in [0.25, 0.3) is 0 Å². The van der Waals surface area contributed by atoms with E-state index in [1.54, 1.807) is 0 Å². The lowest BCUT2D eigenvalue weighted by Gasteiger charge is -2.27. The van der Waals surface area contributed by atoms with Crippen LogP contribution in [-0.2, 0) is 0 Å². The summed E-state index contributed by atoms with van der Waals surface area (Å²) in [5.41, 5.74) is 1.39. The first-order valence-electron chi connectivity index (χ1n) is 4.26. The SMILES string of the molecule is C/C1=C\C/C=C\CC(C)N1C. The molecule has 1 heteroatoms. The predicted octanol–water partition coefficient (Wildman–Crippen LogP) is 2.56. The van der Waals surface area contributed by atoms with Crippen LogP contribution in [0.15, 0.2) is 23.9 Å². The van der Waals surface area contributed by atoms with Crippen LogP contribution in [0.5, 0.6) is 0 Å². The van der Waals surface area contributed by atoms with Gasteiger partial charge in [-0.1, -0.05) is 18.2 Å². The molecule has 11 heavy (non-hydrogen) atoms. The zero-order valence-corrected chi connectivity index (χ0v) is 7.67. The van der Waals surface area contributed by atoms with Crippen LogP contribution in [0.25, 0.3) is 0 Å². The highest BCUT2D eigenvalue weighted by Gasteiger charge is 2.07. The van der Waals surface area contributed by atoms with Gasteiger partial charge in [0.1, 0.15) is 0 Å². The monoisotopic (exact) mass is 151 g/mol. The first-order chi connectivity index (χ1) is 5.22. The van der Waals surface area contributed by atoms with Crippen molar-refractivity contribution in [2.24, 2.45) is 0 Å². The molecule has 0 saturated carbocycles. The molecule has 1 nitrogen and oxygen atoms in total. The maximum absolute atomic E-state index is 2.34. The highest BCUT2D eigenvalue weighted by molar-refractivity contribution is 5.05. The van der Waals surface area contributed by atoms with Gasteiger partial charge in [0.05, 0.1) is 0 Å². The summed E-state index contributed by atoms with van der Waals surface area (Å²) in [6, 6.07) is 0.641. The molecule has 1 aliphatic heterocycles. The summed E-state index contributed by atoms with van der Waals surface area (Å²) >= 11 is 0. The lowest BCUT2D eigenvalue weighted by Crippen LogP contribution is -2.27. The summed E-state index contributed by atoms with van der Waals surface area (Å²) < 4.78 is 0. The zero-order valence-electron chi connectivity index (χ0n) is 7.67. The van der Waals surface area contributed by atoms with Crippen molar-refractivity contribution in [2.45, 2.75) is 32.7 Å². The molecule has 0 bridgehead atoms. The third-order valence-electron chi connectivity index (χ3n) is 2.41. The smallest absolute Gasteiger partial charge is 0.0289 e. The number of hydrogen-bond donors (Lipinski definition) is 0. The molecule has 0 saturated heterocycles. The van der Waals surface area contributed by atoms with Crippen molar-refractivity contribution < 1.29 is 0 Å². The molecule has 0 aliphatic carbocycles. The molecular weight excluding hydrogens is 134 g/mol. The van der Waals surface area contributed by atoms with Crippen LogP contribution in [0.4, 0.5) is 0 Å². The van der Waals surface area contributed by atoms with E-state index in [0.717, 1.165) is 6.42 Å². The first-order valence-corrected chi connectivity index (χ1v) is 4.26. The Morgan fingerprint density at radius 2 is 2.18 bits per heavy atom. The molecule has 0 aromatic heterocycles. The molecule has 0 aromatic carbocycles. The van der Waals surface area contributed by atoms with E-state index in [9.17, 15) is 0 Å². The van der Waals surface area contributed by atoms with Gasteiger partial charge in [0.2, 0.25) is 0 Å². The van der Waals surface area contributed by atoms with Crippen molar-refractivity contribution in [3.8, 4) is 0 Å². The highest BCUT2D eigenvalue weighted by atomic mass is 15.1. The largest absolute Gasteiger partial charge is 0.375 e. The van der Waals surface area contributed by atoms with Crippen LogP contribution >= 0.6 is 0 Å². The van der Waals surface area contributed by atoms with E-state index in [2.05, 4.69) is 44.0 Å². The third kappa shape index (κ3) is 2.11. The van der Waals surface area contributed by atoms with Crippen molar-refractivity contribution in [2.75, 3.05) is 7.05 Å². The topological polar surface area (TPSA) is 3.24 Å². The lowest BCUT2D eigenvalue weighted by molar-refractivity contribution is 0.323. The van der Waals surface area contributed by atoms with E-state index in [4.69, 9.17) is 0 Å². The normalized spacial score (nSPS) is 33.5. The second kappa shape index (κ2) is 3.61. The van der Waals surface area contributed by atoms with Crippen molar-refractivity contribution in [3.63, 3.8) is 0 Å². The van der Waals surface area contributed by atoms with Gasteiger partial charge in [-0.2, -0.15) is 0 Å². The molecule has 62 valence electrons. The Morgan fingerprint density at radius 1 is 1.45 bits per heavy atom. The van der Waals surface area contributed by atoms with Gasteiger partial charge >= 0.3 is 0 Å². The van der Waals surface area contributed by atoms with E-state index < -0.39 is 0 Å². The van der Waals surface area contributed by atoms with Crippen molar-refractivity contribution in [1.82, 2.24) is 4.90 Å². The van der Waals surface area contributed by atoms with Gasteiger partial charge in [-0.05, 0) is 26.7 Å². The summed E-state index contributed by atoms with van der Waals surface area (Å²) in [6.07, 6.45) is 9.04. The minimum atomic E-state index is 0.641. The quantitative estimate of drug-likeness (QED) is 0.481. The Labute approximate surface area is 69.4 Å². The molecule has 1 rings (SSSR count). The summed E-state index contributed by atoms with van der Waals surface area (Å²) in [7, 11) is 2.16. The number of allylic oxidation sites excluding steroid dienone is 3. The van der Waals surface area contributed by atoms with Crippen LogP contribution in [0.3, 0.4) is 0 Å². The van der Waals surface area contributed by atoms with Crippen molar-refractivity contribution >= 4 is 0 Å². The number of rotatable bonds is 0. The van der Waals surface area contributed by atoms with Crippen molar-refractivity contribution in [3.05, 3.63) is 23.9 Å². The van der Waals surface area contributed by atoms with Crippen LogP contribution in [-0.4, -0.2) is 18.0 Å². The molecule has 0 N–H and O–H groups in total. The van der Waals surface area contributed by atoms with E-state index in [1.807, 2.05) is 0 Å². The van der Waals surface area contributed by atoms with Gasteiger partial charge in [0.15, 0.2) is 0 Å². The number of hydrogen-bond acceptors (Lipinski definition) is 1. The molecule has 0 spiro atoms. The molecule has 0 amide bonds. The average Bonchev–Trinajstić information content (AvgIpc) is 2.00. The Hall–Kier alpha value is -0.720. The Morgan fingerprint density at radius 3 is 2.91 bits per heavy atom. The molecular formula is C10H17N. The van der Waals surface area contributed by atoms with Gasteiger partial charge in [-0.3, -0.25) is 0 Å². The fourth-order valence-corrected chi connectivity index (χ4v) is 1.28. The van der Waals surface area contributed by atoms with E-state index >= 15 is 0 Å². The minimum Gasteiger partial charge on any atom is -0.375 e. The molecule has 1 unspecified atom stereocenters. The highest BCUT2D eigenvalue weighted by Crippen LogP contribution is 2.13. The predicted molar refractivity (Wildman–Crippen MR) is 49.4 cm³/mol. The molecule has 1 heterocycles. The van der Waals surface area contributed by atoms with Gasteiger partial charge in [-0.15, -0.1) is 0 Å². The molecule has 1 aliphatic rings.